The van der Waals surface area contributed by atoms with Gasteiger partial charge < -0.3 is 10.1 Å². The minimum Gasteiger partial charge on any atom is -0.435 e. The van der Waals surface area contributed by atoms with Gasteiger partial charge in [0.05, 0.1) is 10.6 Å². The van der Waals surface area contributed by atoms with E-state index in [0.29, 0.717) is 5.56 Å². The SMILES string of the molecule is O=C(CCS(=O)(=O)c1ccccc1)NCc1ccc(OC(F)F)cc1. The summed E-state index contributed by atoms with van der Waals surface area (Å²) in [5.41, 5.74) is 0.681. The number of sulfone groups is 1. The molecule has 134 valence electrons. The smallest absolute Gasteiger partial charge is 0.387 e. The zero-order valence-corrected chi connectivity index (χ0v) is 14.0. The zero-order chi connectivity index (χ0) is 18.3. The lowest BCUT2D eigenvalue weighted by Crippen LogP contribution is -2.25. The van der Waals surface area contributed by atoms with Crippen LogP contribution < -0.4 is 10.1 Å². The normalized spacial score (nSPS) is 11.3. The Labute approximate surface area is 144 Å². The van der Waals surface area contributed by atoms with Gasteiger partial charge >= 0.3 is 6.61 Å². The van der Waals surface area contributed by atoms with Crippen LogP contribution in [0.2, 0.25) is 0 Å². The van der Waals surface area contributed by atoms with Gasteiger partial charge in [-0.1, -0.05) is 30.3 Å². The fourth-order valence-corrected chi connectivity index (χ4v) is 3.31. The molecule has 0 aliphatic rings. The van der Waals surface area contributed by atoms with Gasteiger partial charge in [-0.15, -0.1) is 0 Å². The Morgan fingerprint density at radius 1 is 1.04 bits per heavy atom. The Morgan fingerprint density at radius 2 is 1.68 bits per heavy atom. The summed E-state index contributed by atoms with van der Waals surface area (Å²) in [6.07, 6.45) is -0.163. The predicted octanol–water partition coefficient (Wildman–Crippen LogP) is 2.77. The van der Waals surface area contributed by atoms with Crippen LogP contribution in [0.25, 0.3) is 0 Å². The Balaban J connectivity index is 1.81. The van der Waals surface area contributed by atoms with E-state index in [1.807, 2.05) is 0 Å². The molecule has 2 aromatic rings. The van der Waals surface area contributed by atoms with E-state index in [1.165, 1.54) is 24.3 Å². The van der Waals surface area contributed by atoms with Crippen molar-refractivity contribution in [2.75, 3.05) is 5.75 Å². The Hall–Kier alpha value is -2.48. The Morgan fingerprint density at radius 3 is 2.28 bits per heavy atom. The largest absolute Gasteiger partial charge is 0.435 e. The lowest BCUT2D eigenvalue weighted by molar-refractivity contribution is -0.120. The molecule has 2 rings (SSSR count). The van der Waals surface area contributed by atoms with E-state index < -0.39 is 22.4 Å². The third-order valence-corrected chi connectivity index (χ3v) is 5.07. The van der Waals surface area contributed by atoms with E-state index in [4.69, 9.17) is 0 Å². The van der Waals surface area contributed by atoms with Crippen LogP contribution in [-0.4, -0.2) is 26.7 Å². The van der Waals surface area contributed by atoms with E-state index >= 15 is 0 Å². The molecule has 0 saturated heterocycles. The van der Waals surface area contributed by atoms with Crippen molar-refractivity contribution in [3.05, 3.63) is 60.2 Å². The molecule has 0 heterocycles. The molecule has 0 aliphatic heterocycles. The third-order valence-electron chi connectivity index (χ3n) is 3.34. The molecule has 25 heavy (non-hydrogen) atoms. The van der Waals surface area contributed by atoms with Crippen molar-refractivity contribution in [2.24, 2.45) is 0 Å². The number of halogens is 2. The van der Waals surface area contributed by atoms with Crippen LogP contribution in [-0.2, 0) is 21.2 Å². The molecule has 0 fully saturated rings. The molecule has 2 aromatic carbocycles. The third kappa shape index (κ3) is 6.15. The highest BCUT2D eigenvalue weighted by molar-refractivity contribution is 7.91. The predicted molar refractivity (Wildman–Crippen MR) is 88.0 cm³/mol. The molecule has 0 bridgehead atoms. The quantitative estimate of drug-likeness (QED) is 0.777. The highest BCUT2D eigenvalue weighted by Crippen LogP contribution is 2.15. The number of carbonyl (C=O) groups is 1. The van der Waals surface area contributed by atoms with Crippen molar-refractivity contribution in [1.29, 1.82) is 0 Å². The minimum atomic E-state index is -3.50. The first-order valence-corrected chi connectivity index (χ1v) is 9.10. The summed E-state index contributed by atoms with van der Waals surface area (Å²) >= 11 is 0. The molecular formula is C17H17F2NO4S. The van der Waals surface area contributed by atoms with Crippen molar-refractivity contribution in [2.45, 2.75) is 24.5 Å². The summed E-state index contributed by atoms with van der Waals surface area (Å²) in [5.74, 6) is -0.671. The first-order chi connectivity index (χ1) is 11.9. The van der Waals surface area contributed by atoms with Crippen LogP contribution in [0.3, 0.4) is 0 Å². The number of ether oxygens (including phenoxy) is 1. The van der Waals surface area contributed by atoms with Crippen molar-refractivity contribution in [1.82, 2.24) is 5.32 Å². The monoisotopic (exact) mass is 369 g/mol. The van der Waals surface area contributed by atoms with Gasteiger partial charge in [0.2, 0.25) is 5.91 Å². The fraction of sp³-hybridized carbons (Fsp3) is 0.235. The molecule has 1 N–H and O–H groups in total. The first-order valence-electron chi connectivity index (χ1n) is 7.45. The fourth-order valence-electron chi connectivity index (χ4n) is 2.05. The van der Waals surface area contributed by atoms with Gasteiger partial charge in [0, 0.05) is 13.0 Å². The Kier molecular flexibility index (Phi) is 6.46. The lowest BCUT2D eigenvalue weighted by atomic mass is 10.2. The average molecular weight is 369 g/mol. The molecule has 1 amide bonds. The molecule has 0 radical (unpaired) electrons. The molecule has 0 unspecified atom stereocenters. The summed E-state index contributed by atoms with van der Waals surface area (Å²) in [7, 11) is -3.50. The number of amides is 1. The van der Waals surface area contributed by atoms with E-state index in [2.05, 4.69) is 10.1 Å². The van der Waals surface area contributed by atoms with Crippen LogP contribution in [0.1, 0.15) is 12.0 Å². The van der Waals surface area contributed by atoms with E-state index in [0.717, 1.165) is 0 Å². The van der Waals surface area contributed by atoms with E-state index in [-0.39, 0.29) is 29.4 Å². The number of rotatable bonds is 8. The number of carbonyl (C=O) groups excluding carboxylic acids is 1. The lowest BCUT2D eigenvalue weighted by Gasteiger charge is -2.08. The van der Waals surface area contributed by atoms with Gasteiger partial charge in [-0.05, 0) is 29.8 Å². The maximum Gasteiger partial charge on any atom is 0.387 e. The maximum absolute atomic E-state index is 12.1. The summed E-state index contributed by atoms with van der Waals surface area (Å²) in [6, 6.07) is 13.7. The van der Waals surface area contributed by atoms with Crippen LogP contribution in [0.5, 0.6) is 5.75 Å². The number of alkyl halides is 2. The number of hydrogen-bond donors (Lipinski definition) is 1. The highest BCUT2D eigenvalue weighted by atomic mass is 32.2. The summed E-state index contributed by atoms with van der Waals surface area (Å²) in [4.78, 5) is 12.0. The molecule has 0 atom stereocenters. The van der Waals surface area contributed by atoms with Gasteiger partial charge in [0.25, 0.3) is 0 Å². The van der Waals surface area contributed by atoms with Crippen molar-refractivity contribution < 1.29 is 26.7 Å². The van der Waals surface area contributed by atoms with Gasteiger partial charge in [0.15, 0.2) is 9.84 Å². The molecule has 0 aromatic heterocycles. The average Bonchev–Trinajstić information content (AvgIpc) is 2.60. The summed E-state index contributed by atoms with van der Waals surface area (Å²) in [6.45, 7) is -2.73. The van der Waals surface area contributed by atoms with Gasteiger partial charge in [-0.2, -0.15) is 8.78 Å². The van der Waals surface area contributed by atoms with Crippen molar-refractivity contribution in [3.63, 3.8) is 0 Å². The van der Waals surface area contributed by atoms with Crippen molar-refractivity contribution in [3.8, 4) is 5.75 Å². The zero-order valence-electron chi connectivity index (χ0n) is 13.2. The molecule has 5 nitrogen and oxygen atoms in total. The first kappa shape index (κ1) is 18.9. The number of hydrogen-bond acceptors (Lipinski definition) is 4. The Bertz CT molecular complexity index is 793. The molecular weight excluding hydrogens is 352 g/mol. The second kappa shape index (κ2) is 8.57. The molecule has 0 spiro atoms. The second-order valence-electron chi connectivity index (χ2n) is 5.18. The van der Waals surface area contributed by atoms with Gasteiger partial charge in [-0.3, -0.25) is 4.79 Å². The van der Waals surface area contributed by atoms with Crippen LogP contribution >= 0.6 is 0 Å². The number of benzene rings is 2. The van der Waals surface area contributed by atoms with Crippen molar-refractivity contribution >= 4 is 15.7 Å². The van der Waals surface area contributed by atoms with Crippen LogP contribution in [0.15, 0.2) is 59.5 Å². The van der Waals surface area contributed by atoms with Gasteiger partial charge in [-0.25, -0.2) is 8.42 Å². The van der Waals surface area contributed by atoms with E-state index in [9.17, 15) is 22.0 Å². The van der Waals surface area contributed by atoms with E-state index in [1.54, 1.807) is 30.3 Å². The van der Waals surface area contributed by atoms with Crippen LogP contribution in [0.4, 0.5) is 8.78 Å². The van der Waals surface area contributed by atoms with Gasteiger partial charge in [0.1, 0.15) is 5.75 Å². The summed E-state index contributed by atoms with van der Waals surface area (Å²) in [5, 5.41) is 2.59. The topological polar surface area (TPSA) is 72.5 Å². The minimum absolute atomic E-state index is 0.0269. The molecule has 0 aliphatic carbocycles. The number of nitrogens with one attached hydrogen (secondary N) is 1. The molecule has 8 heteroatoms. The highest BCUT2D eigenvalue weighted by Gasteiger charge is 2.15. The standard InChI is InChI=1S/C17H17F2NO4S/c18-17(19)24-14-8-6-13(7-9-14)12-20-16(21)10-11-25(22,23)15-4-2-1-3-5-15/h1-9,17H,10-12H2,(H,20,21). The maximum atomic E-state index is 12.1. The second-order valence-corrected chi connectivity index (χ2v) is 7.29. The summed E-state index contributed by atoms with van der Waals surface area (Å²) < 4.78 is 52.5. The molecule has 0 saturated carbocycles. The van der Waals surface area contributed by atoms with Crippen LogP contribution in [0, 0.1) is 0 Å².